The van der Waals surface area contributed by atoms with E-state index in [4.69, 9.17) is 10.5 Å². The quantitative estimate of drug-likeness (QED) is 0.819. The summed E-state index contributed by atoms with van der Waals surface area (Å²) in [6, 6.07) is 12.2. The Bertz CT molecular complexity index is 512. The van der Waals surface area contributed by atoms with Gasteiger partial charge in [0.25, 0.3) is 0 Å². The summed E-state index contributed by atoms with van der Waals surface area (Å²) in [5, 5.41) is 12.2. The van der Waals surface area contributed by atoms with Crippen molar-refractivity contribution in [3.8, 4) is 5.75 Å². The van der Waals surface area contributed by atoms with Crippen LogP contribution in [0.5, 0.6) is 5.75 Å². The molecule has 0 aliphatic carbocycles. The molecule has 2 aromatic carbocycles. The van der Waals surface area contributed by atoms with Crippen LogP contribution in [0.4, 0.5) is 0 Å². The monoisotopic (exact) mass is 229 g/mol. The fourth-order valence-electron chi connectivity index (χ4n) is 2.44. The number of hydrogen-bond acceptors (Lipinski definition) is 3. The SMILES string of the molecule is NCC(O)C1Cc2cccc3cccc(c23)O1. The van der Waals surface area contributed by atoms with E-state index in [1.54, 1.807) is 0 Å². The van der Waals surface area contributed by atoms with Gasteiger partial charge in [-0.15, -0.1) is 0 Å². The van der Waals surface area contributed by atoms with Crippen molar-refractivity contribution in [2.24, 2.45) is 5.73 Å². The summed E-state index contributed by atoms with van der Waals surface area (Å²) in [4.78, 5) is 0. The van der Waals surface area contributed by atoms with Crippen LogP contribution in [0.3, 0.4) is 0 Å². The van der Waals surface area contributed by atoms with E-state index in [1.165, 1.54) is 10.9 Å². The molecule has 2 aromatic rings. The Kier molecular flexibility index (Phi) is 2.50. The lowest BCUT2D eigenvalue weighted by atomic mass is 9.94. The van der Waals surface area contributed by atoms with Gasteiger partial charge >= 0.3 is 0 Å². The topological polar surface area (TPSA) is 55.5 Å². The van der Waals surface area contributed by atoms with E-state index >= 15 is 0 Å². The third-order valence-corrected chi connectivity index (χ3v) is 3.32. The first kappa shape index (κ1) is 10.6. The number of nitrogens with two attached hydrogens (primary N) is 1. The van der Waals surface area contributed by atoms with Gasteiger partial charge in [0.2, 0.25) is 0 Å². The minimum absolute atomic E-state index is 0.225. The van der Waals surface area contributed by atoms with E-state index in [0.29, 0.717) is 6.42 Å². The Hall–Kier alpha value is -1.58. The lowest BCUT2D eigenvalue weighted by Gasteiger charge is -2.29. The van der Waals surface area contributed by atoms with Crippen LogP contribution in [0.15, 0.2) is 36.4 Å². The lowest BCUT2D eigenvalue weighted by Crippen LogP contribution is -2.40. The highest BCUT2D eigenvalue weighted by molar-refractivity contribution is 5.92. The zero-order chi connectivity index (χ0) is 11.8. The molecule has 88 valence electrons. The van der Waals surface area contributed by atoms with E-state index < -0.39 is 6.10 Å². The summed E-state index contributed by atoms with van der Waals surface area (Å²) in [6.07, 6.45) is -0.133. The molecule has 17 heavy (non-hydrogen) atoms. The zero-order valence-electron chi connectivity index (χ0n) is 9.47. The van der Waals surface area contributed by atoms with E-state index in [0.717, 1.165) is 11.1 Å². The molecule has 0 amide bonds. The molecule has 1 aliphatic heterocycles. The van der Waals surface area contributed by atoms with E-state index in [9.17, 15) is 5.11 Å². The number of benzene rings is 2. The van der Waals surface area contributed by atoms with Gasteiger partial charge in [0, 0.05) is 18.4 Å². The van der Waals surface area contributed by atoms with Gasteiger partial charge in [0.05, 0.1) is 0 Å². The summed E-state index contributed by atoms with van der Waals surface area (Å²) in [7, 11) is 0. The average molecular weight is 229 g/mol. The summed E-state index contributed by atoms with van der Waals surface area (Å²) in [6.45, 7) is 0.225. The fourth-order valence-corrected chi connectivity index (χ4v) is 2.44. The largest absolute Gasteiger partial charge is 0.487 e. The van der Waals surface area contributed by atoms with Crippen LogP contribution in [-0.4, -0.2) is 23.9 Å². The Morgan fingerprint density at radius 2 is 2.06 bits per heavy atom. The molecule has 3 heteroatoms. The summed E-state index contributed by atoms with van der Waals surface area (Å²) < 4.78 is 5.83. The van der Waals surface area contributed by atoms with Crippen molar-refractivity contribution in [3.05, 3.63) is 42.0 Å². The van der Waals surface area contributed by atoms with Crippen LogP contribution in [0.2, 0.25) is 0 Å². The van der Waals surface area contributed by atoms with Gasteiger partial charge in [-0.05, 0) is 17.0 Å². The Balaban J connectivity index is 2.10. The van der Waals surface area contributed by atoms with E-state index in [1.807, 2.05) is 18.2 Å². The summed E-state index contributed by atoms with van der Waals surface area (Å²) >= 11 is 0. The predicted octanol–water partition coefficient (Wildman–Crippen LogP) is 1.46. The zero-order valence-corrected chi connectivity index (χ0v) is 9.47. The van der Waals surface area contributed by atoms with Crippen molar-refractivity contribution in [3.63, 3.8) is 0 Å². The molecule has 3 N–H and O–H groups in total. The molecule has 0 saturated heterocycles. The van der Waals surface area contributed by atoms with Gasteiger partial charge in [-0.1, -0.05) is 30.3 Å². The molecule has 2 atom stereocenters. The van der Waals surface area contributed by atoms with Crippen molar-refractivity contribution < 1.29 is 9.84 Å². The lowest BCUT2D eigenvalue weighted by molar-refractivity contribution is 0.0407. The van der Waals surface area contributed by atoms with Gasteiger partial charge in [-0.3, -0.25) is 0 Å². The minimum atomic E-state index is -0.612. The molecule has 0 aromatic heterocycles. The maximum Gasteiger partial charge on any atom is 0.130 e. The predicted molar refractivity (Wildman–Crippen MR) is 67.1 cm³/mol. The maximum absolute atomic E-state index is 9.81. The van der Waals surface area contributed by atoms with Crippen molar-refractivity contribution >= 4 is 10.8 Å². The van der Waals surface area contributed by atoms with Gasteiger partial charge in [0.15, 0.2) is 0 Å². The molecule has 3 nitrogen and oxygen atoms in total. The van der Waals surface area contributed by atoms with Crippen molar-refractivity contribution in [1.82, 2.24) is 0 Å². The number of ether oxygens (including phenoxy) is 1. The van der Waals surface area contributed by atoms with E-state index in [2.05, 4.69) is 18.2 Å². The van der Waals surface area contributed by atoms with Crippen molar-refractivity contribution in [1.29, 1.82) is 0 Å². The fraction of sp³-hybridized carbons (Fsp3) is 0.286. The molecule has 3 rings (SSSR count). The van der Waals surface area contributed by atoms with Gasteiger partial charge < -0.3 is 15.6 Å². The number of aliphatic hydroxyl groups is 1. The maximum atomic E-state index is 9.81. The number of rotatable bonds is 2. The molecule has 1 heterocycles. The first-order chi connectivity index (χ1) is 8.29. The van der Waals surface area contributed by atoms with Crippen LogP contribution in [0, 0.1) is 0 Å². The summed E-state index contributed by atoms with van der Waals surface area (Å²) in [5.41, 5.74) is 6.71. The van der Waals surface area contributed by atoms with Crippen LogP contribution in [0.25, 0.3) is 10.8 Å². The summed E-state index contributed by atoms with van der Waals surface area (Å²) in [5.74, 6) is 0.849. The van der Waals surface area contributed by atoms with Crippen LogP contribution < -0.4 is 10.5 Å². The van der Waals surface area contributed by atoms with Crippen molar-refractivity contribution in [2.75, 3.05) is 6.54 Å². The normalized spacial score (nSPS) is 20.0. The molecule has 0 radical (unpaired) electrons. The van der Waals surface area contributed by atoms with Gasteiger partial charge in [0.1, 0.15) is 18.0 Å². The molecule has 1 aliphatic rings. The molecular formula is C14H15NO2. The number of aliphatic hydroxyl groups excluding tert-OH is 1. The highest BCUT2D eigenvalue weighted by Gasteiger charge is 2.26. The van der Waals surface area contributed by atoms with E-state index in [-0.39, 0.29) is 12.6 Å². The molecule has 0 fully saturated rings. The van der Waals surface area contributed by atoms with Gasteiger partial charge in [-0.25, -0.2) is 0 Å². The minimum Gasteiger partial charge on any atom is -0.487 e. The van der Waals surface area contributed by atoms with Crippen LogP contribution >= 0.6 is 0 Å². The number of hydrogen-bond donors (Lipinski definition) is 2. The second kappa shape index (κ2) is 4.02. The first-order valence-electron chi connectivity index (χ1n) is 5.85. The van der Waals surface area contributed by atoms with Gasteiger partial charge in [-0.2, -0.15) is 0 Å². The Labute approximate surface area is 99.8 Å². The second-order valence-corrected chi connectivity index (χ2v) is 4.43. The van der Waals surface area contributed by atoms with Crippen molar-refractivity contribution in [2.45, 2.75) is 18.6 Å². The molecule has 0 spiro atoms. The highest BCUT2D eigenvalue weighted by Crippen LogP contribution is 2.35. The average Bonchev–Trinajstić information content (AvgIpc) is 2.38. The third-order valence-electron chi connectivity index (χ3n) is 3.32. The Morgan fingerprint density at radius 3 is 2.82 bits per heavy atom. The van der Waals surface area contributed by atoms with Crippen LogP contribution in [0.1, 0.15) is 5.56 Å². The standard InChI is InChI=1S/C14H15NO2/c15-8-11(16)13-7-10-5-1-3-9-4-2-6-12(17-13)14(9)10/h1-6,11,13,16H,7-8,15H2. The first-order valence-corrected chi connectivity index (χ1v) is 5.85. The van der Waals surface area contributed by atoms with Crippen LogP contribution in [-0.2, 0) is 6.42 Å². The smallest absolute Gasteiger partial charge is 0.130 e. The molecule has 2 unspecified atom stereocenters. The highest BCUT2D eigenvalue weighted by atomic mass is 16.5. The second-order valence-electron chi connectivity index (χ2n) is 4.43. The third kappa shape index (κ3) is 1.68. The molecule has 0 saturated carbocycles. The Morgan fingerprint density at radius 1 is 1.29 bits per heavy atom. The molecular weight excluding hydrogens is 214 g/mol. The molecule has 0 bridgehead atoms.